The van der Waals surface area contributed by atoms with Crippen LogP contribution >= 0.6 is 12.4 Å². The molecule has 0 saturated carbocycles. The molecule has 100 valence electrons. The van der Waals surface area contributed by atoms with Crippen LogP contribution in [0.4, 0.5) is 0 Å². The van der Waals surface area contributed by atoms with Gasteiger partial charge in [-0.25, -0.2) is 0 Å². The Morgan fingerprint density at radius 3 is 2.67 bits per heavy atom. The van der Waals surface area contributed by atoms with Crippen LogP contribution in [-0.2, 0) is 0 Å². The molecule has 1 fully saturated rings. The molecule has 1 saturated heterocycles. The molecule has 0 aliphatic carbocycles. The van der Waals surface area contributed by atoms with Crippen LogP contribution in [-0.4, -0.2) is 36.5 Å². The fourth-order valence-electron chi connectivity index (χ4n) is 2.17. The molecule has 0 bridgehead atoms. The number of aryl methyl sites for hydroxylation is 2. The predicted octanol–water partition coefficient (Wildman–Crippen LogP) is 2.16. The van der Waals surface area contributed by atoms with Crippen molar-refractivity contribution in [3.63, 3.8) is 0 Å². The highest BCUT2D eigenvalue weighted by Crippen LogP contribution is 2.13. The molecule has 0 radical (unpaired) electrons. The van der Waals surface area contributed by atoms with E-state index in [-0.39, 0.29) is 18.3 Å². The summed E-state index contributed by atoms with van der Waals surface area (Å²) in [5, 5.41) is 3.34. The Kier molecular flexibility index (Phi) is 5.17. The standard InChI is InChI=1S/C14H20N2O.ClH/c1-10-4-5-13(8-11(10)2)14(17)16-7-6-15-12(3)9-16;/h4-5,8,12,15H,6-7,9H2,1-3H3;1H/t12-;/m0./s1. The van der Waals surface area contributed by atoms with E-state index in [1.165, 1.54) is 11.1 Å². The molecule has 1 N–H and O–H groups in total. The largest absolute Gasteiger partial charge is 0.336 e. The molecule has 1 heterocycles. The lowest BCUT2D eigenvalue weighted by Gasteiger charge is -2.32. The molecule has 1 aliphatic rings. The Morgan fingerprint density at radius 1 is 1.33 bits per heavy atom. The van der Waals surface area contributed by atoms with Gasteiger partial charge in [0.2, 0.25) is 0 Å². The SMILES string of the molecule is Cc1ccc(C(=O)N2CCN[C@@H](C)C2)cc1C.Cl. The number of hydrogen-bond donors (Lipinski definition) is 1. The molecule has 1 amide bonds. The summed E-state index contributed by atoms with van der Waals surface area (Å²) in [6.07, 6.45) is 0. The topological polar surface area (TPSA) is 32.3 Å². The van der Waals surface area contributed by atoms with Gasteiger partial charge in [-0.15, -0.1) is 12.4 Å². The molecule has 0 aromatic heterocycles. The molecule has 1 aromatic carbocycles. The zero-order chi connectivity index (χ0) is 12.4. The molecule has 3 nitrogen and oxygen atoms in total. The molecule has 0 spiro atoms. The molecule has 1 aliphatic heterocycles. The first kappa shape index (κ1) is 15.0. The first-order chi connectivity index (χ1) is 8.08. The number of halogens is 1. The summed E-state index contributed by atoms with van der Waals surface area (Å²) in [5.41, 5.74) is 3.22. The third-order valence-electron chi connectivity index (χ3n) is 3.41. The average molecular weight is 269 g/mol. The van der Waals surface area contributed by atoms with Gasteiger partial charge in [0, 0.05) is 31.2 Å². The maximum Gasteiger partial charge on any atom is 0.253 e. The third kappa shape index (κ3) is 3.24. The fourth-order valence-corrected chi connectivity index (χ4v) is 2.17. The summed E-state index contributed by atoms with van der Waals surface area (Å²) in [6, 6.07) is 6.33. The number of amides is 1. The minimum atomic E-state index is 0. The summed E-state index contributed by atoms with van der Waals surface area (Å²) in [4.78, 5) is 14.2. The van der Waals surface area contributed by atoms with E-state index in [9.17, 15) is 4.79 Å². The van der Waals surface area contributed by atoms with Gasteiger partial charge in [0.15, 0.2) is 0 Å². The van der Waals surface area contributed by atoms with Gasteiger partial charge >= 0.3 is 0 Å². The van der Waals surface area contributed by atoms with Gasteiger partial charge in [-0.1, -0.05) is 6.07 Å². The van der Waals surface area contributed by atoms with Crippen LogP contribution < -0.4 is 5.32 Å². The van der Waals surface area contributed by atoms with Crippen LogP contribution in [0.3, 0.4) is 0 Å². The minimum absolute atomic E-state index is 0. The van der Waals surface area contributed by atoms with Gasteiger partial charge in [0.05, 0.1) is 0 Å². The van der Waals surface area contributed by atoms with E-state index in [0.717, 1.165) is 25.2 Å². The van der Waals surface area contributed by atoms with E-state index in [0.29, 0.717) is 6.04 Å². The molecule has 18 heavy (non-hydrogen) atoms. The second-order valence-corrected chi connectivity index (χ2v) is 4.91. The van der Waals surface area contributed by atoms with Crippen molar-refractivity contribution >= 4 is 18.3 Å². The van der Waals surface area contributed by atoms with Crippen LogP contribution in [0.15, 0.2) is 18.2 Å². The Bertz CT molecular complexity index is 434. The van der Waals surface area contributed by atoms with Gasteiger partial charge in [0.25, 0.3) is 5.91 Å². The van der Waals surface area contributed by atoms with Gasteiger partial charge < -0.3 is 10.2 Å². The number of carbonyl (C=O) groups excluding carboxylic acids is 1. The molecular formula is C14H21ClN2O. The lowest BCUT2D eigenvalue weighted by atomic mass is 10.0. The van der Waals surface area contributed by atoms with Crippen LogP contribution in [0.1, 0.15) is 28.4 Å². The first-order valence-electron chi connectivity index (χ1n) is 6.18. The number of rotatable bonds is 1. The number of nitrogens with zero attached hydrogens (tertiary/aromatic N) is 1. The molecule has 2 rings (SSSR count). The van der Waals surface area contributed by atoms with E-state index in [2.05, 4.69) is 19.2 Å². The fraction of sp³-hybridized carbons (Fsp3) is 0.500. The maximum atomic E-state index is 12.3. The Morgan fingerprint density at radius 2 is 2.06 bits per heavy atom. The van der Waals surface area contributed by atoms with Gasteiger partial charge in [-0.3, -0.25) is 4.79 Å². The van der Waals surface area contributed by atoms with Gasteiger partial charge in [-0.05, 0) is 44.0 Å². The number of nitrogens with one attached hydrogen (secondary N) is 1. The summed E-state index contributed by atoms with van der Waals surface area (Å²) in [5.74, 6) is 0.154. The Balaban J connectivity index is 0.00000162. The van der Waals surface area contributed by atoms with Crippen molar-refractivity contribution in [2.24, 2.45) is 0 Å². The van der Waals surface area contributed by atoms with E-state index in [1.54, 1.807) is 0 Å². The first-order valence-corrected chi connectivity index (χ1v) is 6.18. The van der Waals surface area contributed by atoms with Crippen molar-refractivity contribution in [3.8, 4) is 0 Å². The van der Waals surface area contributed by atoms with Crippen molar-refractivity contribution in [1.82, 2.24) is 10.2 Å². The van der Waals surface area contributed by atoms with Gasteiger partial charge in [0.1, 0.15) is 0 Å². The summed E-state index contributed by atoms with van der Waals surface area (Å²) < 4.78 is 0. The van der Waals surface area contributed by atoms with Crippen LogP contribution in [0.25, 0.3) is 0 Å². The van der Waals surface area contributed by atoms with E-state index in [4.69, 9.17) is 0 Å². The van der Waals surface area contributed by atoms with Crippen molar-refractivity contribution in [3.05, 3.63) is 34.9 Å². The lowest BCUT2D eigenvalue weighted by molar-refractivity contribution is 0.0709. The normalized spacial score (nSPS) is 19.3. The number of benzene rings is 1. The average Bonchev–Trinajstić information content (AvgIpc) is 2.32. The molecular weight excluding hydrogens is 248 g/mol. The minimum Gasteiger partial charge on any atom is -0.336 e. The maximum absolute atomic E-state index is 12.3. The van der Waals surface area contributed by atoms with Crippen LogP contribution in [0.5, 0.6) is 0 Å². The zero-order valence-corrected chi connectivity index (χ0v) is 12.0. The Hall–Kier alpha value is -1.06. The molecule has 0 unspecified atom stereocenters. The summed E-state index contributed by atoms with van der Waals surface area (Å²) in [6.45, 7) is 8.71. The Labute approximate surface area is 115 Å². The van der Waals surface area contributed by atoms with Crippen molar-refractivity contribution in [1.29, 1.82) is 0 Å². The molecule has 1 aromatic rings. The van der Waals surface area contributed by atoms with Crippen molar-refractivity contribution in [2.75, 3.05) is 19.6 Å². The van der Waals surface area contributed by atoms with Crippen LogP contribution in [0, 0.1) is 13.8 Å². The zero-order valence-electron chi connectivity index (χ0n) is 11.2. The van der Waals surface area contributed by atoms with E-state index in [1.807, 2.05) is 30.0 Å². The molecule has 4 heteroatoms. The number of hydrogen-bond acceptors (Lipinski definition) is 2. The van der Waals surface area contributed by atoms with Crippen LogP contribution in [0.2, 0.25) is 0 Å². The summed E-state index contributed by atoms with van der Waals surface area (Å²) in [7, 11) is 0. The quantitative estimate of drug-likeness (QED) is 0.847. The van der Waals surface area contributed by atoms with Crippen molar-refractivity contribution < 1.29 is 4.79 Å². The number of piperazine rings is 1. The van der Waals surface area contributed by atoms with E-state index >= 15 is 0 Å². The second kappa shape index (κ2) is 6.21. The second-order valence-electron chi connectivity index (χ2n) is 4.91. The predicted molar refractivity (Wildman–Crippen MR) is 76.5 cm³/mol. The lowest BCUT2D eigenvalue weighted by Crippen LogP contribution is -2.51. The highest BCUT2D eigenvalue weighted by Gasteiger charge is 2.21. The van der Waals surface area contributed by atoms with Gasteiger partial charge in [-0.2, -0.15) is 0 Å². The summed E-state index contributed by atoms with van der Waals surface area (Å²) >= 11 is 0. The monoisotopic (exact) mass is 268 g/mol. The highest BCUT2D eigenvalue weighted by atomic mass is 35.5. The highest BCUT2D eigenvalue weighted by molar-refractivity contribution is 5.94. The van der Waals surface area contributed by atoms with E-state index < -0.39 is 0 Å². The van der Waals surface area contributed by atoms with Crippen molar-refractivity contribution in [2.45, 2.75) is 26.8 Å². The smallest absolute Gasteiger partial charge is 0.253 e. The number of carbonyl (C=O) groups is 1. The third-order valence-corrected chi connectivity index (χ3v) is 3.41. The molecule has 1 atom stereocenters.